The number of Topliss-reactive ketones (excluding diaryl/α,β-unsaturated/α-hetero) is 1. The minimum Gasteiger partial charge on any atom is -0.382 e. The summed E-state index contributed by atoms with van der Waals surface area (Å²) in [6.07, 6.45) is 12.8. The molecule has 0 radical (unpaired) electrons. The molecule has 1 heterocycles. The Hall–Kier alpha value is -1.16. The average Bonchev–Trinajstić information content (AvgIpc) is 2.97. The molecule has 2 aliphatic rings. The first kappa shape index (κ1) is 14.8. The highest BCUT2D eigenvalue weighted by atomic mass is 16.3. The first-order valence-corrected chi connectivity index (χ1v) is 8.47. The lowest BCUT2D eigenvalue weighted by molar-refractivity contribution is -0.139. The van der Waals surface area contributed by atoms with Gasteiger partial charge in [0.05, 0.1) is 18.2 Å². The molecular weight excluding hydrogens is 264 g/mol. The van der Waals surface area contributed by atoms with Crippen LogP contribution in [0.15, 0.2) is 12.3 Å². The van der Waals surface area contributed by atoms with Gasteiger partial charge < -0.3 is 5.11 Å². The van der Waals surface area contributed by atoms with E-state index in [9.17, 15) is 9.90 Å². The molecule has 1 aromatic rings. The Morgan fingerprint density at radius 1 is 1.19 bits per heavy atom. The Bertz CT molecular complexity index is 483. The van der Waals surface area contributed by atoms with E-state index in [-0.39, 0.29) is 12.2 Å². The second kappa shape index (κ2) is 6.30. The number of aliphatic hydroxyl groups is 1. The lowest BCUT2D eigenvalue weighted by Crippen LogP contribution is -2.41. The molecule has 2 aliphatic carbocycles. The van der Waals surface area contributed by atoms with Crippen molar-refractivity contribution in [2.45, 2.75) is 82.3 Å². The molecule has 3 rings (SSSR count). The van der Waals surface area contributed by atoms with Crippen molar-refractivity contribution in [3.63, 3.8) is 0 Å². The highest BCUT2D eigenvalue weighted by molar-refractivity contribution is 5.88. The van der Waals surface area contributed by atoms with E-state index >= 15 is 0 Å². The molecular formula is C17H26N2O2. The summed E-state index contributed by atoms with van der Waals surface area (Å²) in [5.41, 5.74) is -0.281. The maximum Gasteiger partial charge on any atom is 0.170 e. The van der Waals surface area contributed by atoms with Crippen LogP contribution in [-0.2, 0) is 11.2 Å². The number of carbonyl (C=O) groups is 1. The smallest absolute Gasteiger partial charge is 0.170 e. The number of ketones is 1. The quantitative estimate of drug-likeness (QED) is 0.926. The van der Waals surface area contributed by atoms with Crippen molar-refractivity contribution >= 4 is 5.78 Å². The Kier molecular flexibility index (Phi) is 4.43. The molecule has 2 fully saturated rings. The van der Waals surface area contributed by atoms with Gasteiger partial charge in [0.15, 0.2) is 5.78 Å². The second-order valence-corrected chi connectivity index (χ2v) is 6.77. The van der Waals surface area contributed by atoms with Gasteiger partial charge >= 0.3 is 0 Å². The van der Waals surface area contributed by atoms with Crippen LogP contribution in [0.2, 0.25) is 0 Å². The monoisotopic (exact) mass is 290 g/mol. The molecule has 4 nitrogen and oxygen atoms in total. The summed E-state index contributed by atoms with van der Waals surface area (Å²) in [4.78, 5) is 12.4. The molecule has 21 heavy (non-hydrogen) atoms. The number of carbonyl (C=O) groups excluding carboxylic acids is 1. The highest BCUT2D eigenvalue weighted by Gasteiger charge is 2.36. The molecule has 1 N–H and O–H groups in total. The molecule has 0 atom stereocenters. The van der Waals surface area contributed by atoms with E-state index in [0.717, 1.165) is 25.0 Å². The van der Waals surface area contributed by atoms with Crippen LogP contribution in [0.3, 0.4) is 0 Å². The van der Waals surface area contributed by atoms with E-state index in [1.807, 2.05) is 16.9 Å². The normalized spacial score (nSPS) is 23.1. The van der Waals surface area contributed by atoms with Gasteiger partial charge in [0, 0.05) is 6.20 Å². The standard InChI is InChI=1S/C17H26N2O2/c20-16(17(21)10-5-2-6-11-17)13-14-9-12-19(18-14)15-7-3-1-4-8-15/h9,12,15,21H,1-8,10-11,13H2. The van der Waals surface area contributed by atoms with Gasteiger partial charge in [-0.15, -0.1) is 0 Å². The van der Waals surface area contributed by atoms with Crippen molar-refractivity contribution < 1.29 is 9.90 Å². The molecule has 0 aromatic carbocycles. The van der Waals surface area contributed by atoms with Gasteiger partial charge in [-0.2, -0.15) is 5.10 Å². The van der Waals surface area contributed by atoms with Crippen molar-refractivity contribution in [2.24, 2.45) is 0 Å². The van der Waals surface area contributed by atoms with E-state index in [4.69, 9.17) is 0 Å². The van der Waals surface area contributed by atoms with Crippen molar-refractivity contribution in [1.29, 1.82) is 0 Å². The van der Waals surface area contributed by atoms with Gasteiger partial charge in [0.1, 0.15) is 5.60 Å². The van der Waals surface area contributed by atoms with Gasteiger partial charge in [-0.25, -0.2) is 0 Å². The van der Waals surface area contributed by atoms with Crippen LogP contribution in [-0.4, -0.2) is 26.3 Å². The summed E-state index contributed by atoms with van der Waals surface area (Å²) in [5, 5.41) is 15.1. The fraction of sp³-hybridized carbons (Fsp3) is 0.765. The van der Waals surface area contributed by atoms with Crippen LogP contribution >= 0.6 is 0 Å². The Morgan fingerprint density at radius 3 is 2.57 bits per heavy atom. The molecule has 4 heteroatoms. The van der Waals surface area contributed by atoms with Gasteiger partial charge in [0.2, 0.25) is 0 Å². The molecule has 0 amide bonds. The minimum atomic E-state index is -1.09. The molecule has 0 saturated heterocycles. The van der Waals surface area contributed by atoms with Crippen molar-refractivity contribution in [1.82, 2.24) is 9.78 Å². The van der Waals surface area contributed by atoms with Crippen molar-refractivity contribution in [3.05, 3.63) is 18.0 Å². The van der Waals surface area contributed by atoms with Gasteiger partial charge in [-0.1, -0.05) is 38.5 Å². The van der Waals surface area contributed by atoms with E-state index < -0.39 is 5.60 Å². The maximum absolute atomic E-state index is 12.4. The van der Waals surface area contributed by atoms with E-state index in [0.29, 0.717) is 18.9 Å². The summed E-state index contributed by atoms with van der Waals surface area (Å²) in [7, 11) is 0. The Balaban J connectivity index is 1.62. The molecule has 0 unspecified atom stereocenters. The predicted molar refractivity (Wildman–Crippen MR) is 81.1 cm³/mol. The largest absolute Gasteiger partial charge is 0.382 e. The van der Waals surface area contributed by atoms with E-state index in [1.165, 1.54) is 32.1 Å². The van der Waals surface area contributed by atoms with Crippen LogP contribution in [0, 0.1) is 0 Å². The third kappa shape index (κ3) is 3.37. The van der Waals surface area contributed by atoms with Crippen LogP contribution in [0.25, 0.3) is 0 Å². The van der Waals surface area contributed by atoms with Crippen molar-refractivity contribution in [2.75, 3.05) is 0 Å². The Labute approximate surface area is 126 Å². The topological polar surface area (TPSA) is 55.1 Å². The lowest BCUT2D eigenvalue weighted by Gasteiger charge is -2.30. The number of nitrogens with zero attached hydrogens (tertiary/aromatic N) is 2. The SMILES string of the molecule is O=C(Cc1ccn(C2CCCCC2)n1)C1(O)CCCCC1. The summed E-state index contributed by atoms with van der Waals surface area (Å²) in [6.45, 7) is 0. The fourth-order valence-corrected chi connectivity index (χ4v) is 3.77. The summed E-state index contributed by atoms with van der Waals surface area (Å²) in [6, 6.07) is 2.44. The summed E-state index contributed by atoms with van der Waals surface area (Å²) < 4.78 is 2.03. The first-order chi connectivity index (χ1) is 10.2. The molecule has 0 bridgehead atoms. The van der Waals surface area contributed by atoms with Crippen LogP contribution in [0.1, 0.15) is 75.9 Å². The minimum absolute atomic E-state index is 0.0453. The number of aromatic nitrogens is 2. The van der Waals surface area contributed by atoms with Gasteiger partial charge in [-0.05, 0) is 31.7 Å². The van der Waals surface area contributed by atoms with Crippen LogP contribution < -0.4 is 0 Å². The third-order valence-electron chi connectivity index (χ3n) is 5.15. The molecule has 1 aromatic heterocycles. The third-order valence-corrected chi connectivity index (χ3v) is 5.15. The summed E-state index contributed by atoms with van der Waals surface area (Å²) in [5.74, 6) is -0.0453. The number of hydrogen-bond donors (Lipinski definition) is 1. The molecule has 0 aliphatic heterocycles. The number of rotatable bonds is 4. The average molecular weight is 290 g/mol. The van der Waals surface area contributed by atoms with Gasteiger partial charge in [-0.3, -0.25) is 9.48 Å². The maximum atomic E-state index is 12.4. The fourth-order valence-electron chi connectivity index (χ4n) is 3.77. The van der Waals surface area contributed by atoms with Crippen LogP contribution in [0.5, 0.6) is 0 Å². The molecule has 2 saturated carbocycles. The van der Waals surface area contributed by atoms with Gasteiger partial charge in [0.25, 0.3) is 0 Å². The van der Waals surface area contributed by atoms with Crippen LogP contribution in [0.4, 0.5) is 0 Å². The Morgan fingerprint density at radius 2 is 1.86 bits per heavy atom. The number of hydrogen-bond acceptors (Lipinski definition) is 3. The zero-order valence-electron chi connectivity index (χ0n) is 12.8. The second-order valence-electron chi connectivity index (χ2n) is 6.77. The molecule has 0 spiro atoms. The van der Waals surface area contributed by atoms with Crippen molar-refractivity contribution in [3.8, 4) is 0 Å². The van der Waals surface area contributed by atoms with E-state index in [2.05, 4.69) is 5.10 Å². The zero-order valence-corrected chi connectivity index (χ0v) is 12.8. The highest BCUT2D eigenvalue weighted by Crippen LogP contribution is 2.30. The first-order valence-electron chi connectivity index (χ1n) is 8.47. The predicted octanol–water partition coefficient (Wildman–Crippen LogP) is 3.20. The summed E-state index contributed by atoms with van der Waals surface area (Å²) >= 11 is 0. The molecule has 116 valence electrons. The van der Waals surface area contributed by atoms with E-state index in [1.54, 1.807) is 0 Å². The lowest BCUT2D eigenvalue weighted by atomic mass is 9.80. The zero-order chi connectivity index (χ0) is 14.7.